The first kappa shape index (κ1) is 27.9. The second-order valence-electron chi connectivity index (χ2n) is 9.55. The van der Waals surface area contributed by atoms with E-state index >= 15 is 0 Å². The zero-order valence-corrected chi connectivity index (χ0v) is 22.1. The molecule has 0 unspecified atom stereocenters. The van der Waals surface area contributed by atoms with E-state index in [1.807, 2.05) is 34.6 Å². The van der Waals surface area contributed by atoms with Crippen LogP contribution in [0.2, 0.25) is 0 Å². The van der Waals surface area contributed by atoms with Crippen molar-refractivity contribution in [3.05, 3.63) is 74.8 Å². The number of likely N-dealkylation sites (tertiary alicyclic amines) is 1. The Hall–Kier alpha value is -3.72. The maximum absolute atomic E-state index is 13.2. The second-order valence-corrected chi connectivity index (χ2v) is 9.55. The van der Waals surface area contributed by atoms with Gasteiger partial charge in [0.1, 0.15) is 11.5 Å². The molecule has 1 amide bonds. The fourth-order valence-corrected chi connectivity index (χ4v) is 4.40. The van der Waals surface area contributed by atoms with Gasteiger partial charge < -0.3 is 19.6 Å². The third kappa shape index (κ3) is 6.17. The van der Waals surface area contributed by atoms with Crippen molar-refractivity contribution < 1.29 is 24.4 Å². The monoisotopic (exact) mass is 509 g/mol. The third-order valence-electron chi connectivity index (χ3n) is 6.53. The molecule has 1 fully saturated rings. The van der Waals surface area contributed by atoms with Gasteiger partial charge in [0.25, 0.3) is 17.4 Å². The number of benzene rings is 2. The maximum atomic E-state index is 13.2. The van der Waals surface area contributed by atoms with Gasteiger partial charge in [-0.3, -0.25) is 19.7 Å². The van der Waals surface area contributed by atoms with Crippen LogP contribution in [0.3, 0.4) is 0 Å². The van der Waals surface area contributed by atoms with Crippen molar-refractivity contribution in [1.29, 1.82) is 0 Å². The summed E-state index contributed by atoms with van der Waals surface area (Å²) in [6.07, 6.45) is 0. The van der Waals surface area contributed by atoms with E-state index in [0.717, 1.165) is 18.7 Å². The first-order valence-corrected chi connectivity index (χ1v) is 12.6. The number of ether oxygens (including phenoxy) is 1. The number of nitro benzene ring substituents is 1. The molecule has 0 saturated carbocycles. The lowest BCUT2D eigenvalue weighted by Crippen LogP contribution is -2.38. The number of likely N-dealkylation sites (N-methyl/N-ethyl adjacent to an activating group) is 1. The molecule has 3 rings (SSSR count). The maximum Gasteiger partial charge on any atom is 0.295 e. The van der Waals surface area contributed by atoms with E-state index < -0.39 is 22.7 Å². The molecule has 0 bridgehead atoms. The number of amides is 1. The minimum Gasteiger partial charge on any atom is -0.507 e. The molecule has 1 atom stereocenters. The predicted octanol–water partition coefficient (Wildman–Crippen LogP) is 4.70. The molecule has 0 spiro atoms. The third-order valence-corrected chi connectivity index (χ3v) is 6.53. The highest BCUT2D eigenvalue weighted by Gasteiger charge is 2.46. The van der Waals surface area contributed by atoms with E-state index in [0.29, 0.717) is 35.9 Å². The number of Topliss-reactive ketones (excluding diaryl/α,β-unsaturated/α-hetero) is 1. The fraction of sp³-hybridized carbons (Fsp3) is 0.429. The van der Waals surface area contributed by atoms with Crippen LogP contribution in [0.4, 0.5) is 5.69 Å². The number of hydrogen-bond acceptors (Lipinski definition) is 7. The minimum atomic E-state index is -0.867. The summed E-state index contributed by atoms with van der Waals surface area (Å²) in [6.45, 7) is 12.9. The molecule has 1 aliphatic heterocycles. The van der Waals surface area contributed by atoms with Gasteiger partial charge in [-0.15, -0.1) is 0 Å². The minimum absolute atomic E-state index is 0.0337. The van der Waals surface area contributed by atoms with E-state index in [2.05, 4.69) is 4.90 Å². The van der Waals surface area contributed by atoms with Crippen molar-refractivity contribution in [3.8, 4) is 5.75 Å². The van der Waals surface area contributed by atoms with Crippen LogP contribution in [0.15, 0.2) is 48.0 Å². The Bertz CT molecular complexity index is 1180. The zero-order valence-electron chi connectivity index (χ0n) is 22.1. The highest BCUT2D eigenvalue weighted by atomic mass is 16.6. The van der Waals surface area contributed by atoms with E-state index in [-0.39, 0.29) is 23.6 Å². The topological polar surface area (TPSA) is 113 Å². The van der Waals surface area contributed by atoms with E-state index in [1.165, 1.54) is 29.2 Å². The molecule has 0 aliphatic carbocycles. The largest absolute Gasteiger partial charge is 0.507 e. The van der Waals surface area contributed by atoms with Crippen molar-refractivity contribution in [2.75, 3.05) is 32.8 Å². The first-order valence-electron chi connectivity index (χ1n) is 12.6. The van der Waals surface area contributed by atoms with Crippen molar-refractivity contribution in [3.63, 3.8) is 0 Å². The molecule has 2 aromatic rings. The Morgan fingerprint density at radius 2 is 1.78 bits per heavy atom. The zero-order chi connectivity index (χ0) is 27.3. The predicted molar refractivity (Wildman–Crippen MR) is 141 cm³/mol. The van der Waals surface area contributed by atoms with Gasteiger partial charge in [0.05, 0.1) is 23.1 Å². The van der Waals surface area contributed by atoms with Crippen molar-refractivity contribution in [2.24, 2.45) is 5.92 Å². The highest BCUT2D eigenvalue weighted by Crippen LogP contribution is 2.40. The van der Waals surface area contributed by atoms with Crippen LogP contribution in [0, 0.1) is 23.0 Å². The highest BCUT2D eigenvalue weighted by molar-refractivity contribution is 6.46. The van der Waals surface area contributed by atoms with Crippen LogP contribution in [0.5, 0.6) is 5.75 Å². The van der Waals surface area contributed by atoms with Crippen LogP contribution in [-0.4, -0.2) is 64.3 Å². The SMILES string of the molecule is CCN(CC)CCN1C(=O)C(=O)C(=C(O)c2ccc(OCC(C)C)c(C)c2)[C@@H]1c1ccc([N+](=O)[O-])cc1. The number of aryl methyl sites for hydroxylation is 1. The van der Waals surface area contributed by atoms with Gasteiger partial charge >= 0.3 is 0 Å². The fourth-order valence-electron chi connectivity index (χ4n) is 4.40. The number of rotatable bonds is 11. The van der Waals surface area contributed by atoms with Crippen LogP contribution in [-0.2, 0) is 9.59 Å². The number of aliphatic hydroxyl groups excluding tert-OH is 1. The quantitative estimate of drug-likeness (QED) is 0.154. The molecule has 37 heavy (non-hydrogen) atoms. The number of nitrogens with zero attached hydrogens (tertiary/aromatic N) is 3. The molecule has 2 aromatic carbocycles. The Balaban J connectivity index is 2.07. The lowest BCUT2D eigenvalue weighted by atomic mass is 9.94. The van der Waals surface area contributed by atoms with Gasteiger partial charge in [-0.1, -0.05) is 27.7 Å². The first-order chi connectivity index (χ1) is 17.6. The average Bonchev–Trinajstić information content (AvgIpc) is 3.13. The number of ketones is 1. The van der Waals surface area contributed by atoms with Crippen LogP contribution >= 0.6 is 0 Å². The van der Waals surface area contributed by atoms with Gasteiger partial charge in [0.15, 0.2) is 0 Å². The summed E-state index contributed by atoms with van der Waals surface area (Å²) in [7, 11) is 0. The number of nitro groups is 1. The Morgan fingerprint density at radius 1 is 1.14 bits per heavy atom. The summed E-state index contributed by atoms with van der Waals surface area (Å²) in [4.78, 5) is 40.6. The number of carbonyl (C=O) groups is 2. The van der Waals surface area contributed by atoms with E-state index in [4.69, 9.17) is 4.74 Å². The molecular weight excluding hydrogens is 474 g/mol. The molecule has 9 nitrogen and oxygen atoms in total. The molecule has 0 radical (unpaired) electrons. The smallest absolute Gasteiger partial charge is 0.295 e. The summed E-state index contributed by atoms with van der Waals surface area (Å²) < 4.78 is 5.82. The molecule has 1 saturated heterocycles. The van der Waals surface area contributed by atoms with Crippen LogP contribution < -0.4 is 4.74 Å². The molecule has 1 aliphatic rings. The van der Waals surface area contributed by atoms with Crippen molar-refractivity contribution >= 4 is 23.1 Å². The summed E-state index contributed by atoms with van der Waals surface area (Å²) in [5.41, 5.74) is 1.56. The summed E-state index contributed by atoms with van der Waals surface area (Å²) in [5, 5.41) is 22.5. The van der Waals surface area contributed by atoms with Gasteiger partial charge in [-0.05, 0) is 67.4 Å². The Labute approximate surface area is 217 Å². The average molecular weight is 510 g/mol. The Morgan fingerprint density at radius 3 is 2.32 bits per heavy atom. The molecular formula is C28H35N3O6. The molecule has 1 N–H and O–H groups in total. The van der Waals surface area contributed by atoms with Gasteiger partial charge in [0, 0.05) is 30.8 Å². The lowest BCUT2D eigenvalue weighted by molar-refractivity contribution is -0.384. The molecule has 9 heteroatoms. The number of non-ortho nitro benzene ring substituents is 1. The Kier molecular flexibility index (Phi) is 9.04. The van der Waals surface area contributed by atoms with Gasteiger partial charge in [-0.2, -0.15) is 0 Å². The lowest BCUT2D eigenvalue weighted by Gasteiger charge is -2.28. The molecule has 0 aromatic heterocycles. The van der Waals surface area contributed by atoms with E-state index in [9.17, 15) is 24.8 Å². The second kappa shape index (κ2) is 12.0. The van der Waals surface area contributed by atoms with Gasteiger partial charge in [-0.25, -0.2) is 0 Å². The van der Waals surface area contributed by atoms with Crippen molar-refractivity contribution in [2.45, 2.75) is 40.7 Å². The number of aliphatic hydroxyl groups is 1. The number of hydrogen-bond donors (Lipinski definition) is 1. The molecule has 1 heterocycles. The molecule has 198 valence electrons. The van der Waals surface area contributed by atoms with Crippen LogP contribution in [0.1, 0.15) is 50.4 Å². The van der Waals surface area contributed by atoms with Crippen molar-refractivity contribution in [1.82, 2.24) is 9.80 Å². The van der Waals surface area contributed by atoms with Gasteiger partial charge in [0.2, 0.25) is 0 Å². The number of carbonyl (C=O) groups excluding carboxylic acids is 2. The summed E-state index contributed by atoms with van der Waals surface area (Å²) in [6, 6.07) is 9.99. The summed E-state index contributed by atoms with van der Waals surface area (Å²) in [5.74, 6) is -0.743. The standard InChI is InChI=1S/C28H35N3O6/c1-6-29(7-2)14-15-30-25(20-8-11-22(12-9-20)31(35)36)24(27(33)28(30)34)26(32)21-10-13-23(19(5)16-21)37-17-18(3)4/h8-13,16,18,25,32H,6-7,14-15,17H2,1-5H3/t25-/m0/s1. The summed E-state index contributed by atoms with van der Waals surface area (Å²) >= 11 is 0. The van der Waals surface area contributed by atoms with E-state index in [1.54, 1.807) is 18.2 Å². The van der Waals surface area contributed by atoms with Crippen LogP contribution in [0.25, 0.3) is 5.76 Å². The normalized spacial score (nSPS) is 17.2.